The van der Waals surface area contributed by atoms with Gasteiger partial charge in [-0.3, -0.25) is 10.2 Å². The minimum absolute atomic E-state index is 0.0310. The van der Waals surface area contributed by atoms with Crippen LogP contribution in [0.3, 0.4) is 0 Å². The van der Waals surface area contributed by atoms with E-state index in [0.29, 0.717) is 28.4 Å². The van der Waals surface area contributed by atoms with Gasteiger partial charge in [-0.15, -0.1) is 0 Å². The lowest BCUT2D eigenvalue weighted by atomic mass is 9.81. The maximum absolute atomic E-state index is 13.5. The van der Waals surface area contributed by atoms with Crippen molar-refractivity contribution < 1.29 is 9.53 Å². The average Bonchev–Trinajstić information content (AvgIpc) is 2.98. The first kappa shape index (κ1) is 26.9. The first-order valence-corrected chi connectivity index (χ1v) is 14.3. The van der Waals surface area contributed by atoms with E-state index in [1.165, 1.54) is 19.3 Å². The highest BCUT2D eigenvalue weighted by Crippen LogP contribution is 2.35. The quantitative estimate of drug-likeness (QED) is 0.241. The number of nitrogens with two attached hydrogens (primary N) is 1. The predicted octanol–water partition coefficient (Wildman–Crippen LogP) is 6.21. The minimum atomic E-state index is -0.134. The van der Waals surface area contributed by atoms with Gasteiger partial charge in [0.2, 0.25) is 0 Å². The molecule has 39 heavy (non-hydrogen) atoms. The molecule has 204 valence electrons. The Bertz CT molecular complexity index is 1260. The molecule has 1 amide bonds. The van der Waals surface area contributed by atoms with Gasteiger partial charge in [-0.05, 0) is 86.7 Å². The lowest BCUT2D eigenvalue weighted by Gasteiger charge is -2.31. The smallest absolute Gasteiger partial charge is 0.251 e. The molecule has 1 atom stereocenters. The summed E-state index contributed by atoms with van der Waals surface area (Å²) in [5.74, 6) is 1.11. The molecule has 6 heteroatoms. The molecular formula is C33H40N4O2. The molecule has 0 aromatic heterocycles. The van der Waals surface area contributed by atoms with Crippen molar-refractivity contribution in [3.63, 3.8) is 0 Å². The highest BCUT2D eigenvalue weighted by Gasteiger charge is 2.27. The molecule has 1 aliphatic heterocycles. The third kappa shape index (κ3) is 6.69. The topological polar surface area (TPSA) is 91.4 Å². The van der Waals surface area contributed by atoms with Crippen LogP contribution in [0.1, 0.15) is 78.0 Å². The fourth-order valence-electron chi connectivity index (χ4n) is 5.89. The van der Waals surface area contributed by atoms with E-state index in [1.807, 2.05) is 42.5 Å². The normalized spacial score (nSPS) is 17.9. The van der Waals surface area contributed by atoms with Gasteiger partial charge in [0.1, 0.15) is 11.9 Å². The molecule has 1 saturated heterocycles. The monoisotopic (exact) mass is 524 g/mol. The van der Waals surface area contributed by atoms with Crippen LogP contribution in [0, 0.1) is 11.3 Å². The van der Waals surface area contributed by atoms with Gasteiger partial charge in [-0.1, -0.05) is 49.6 Å². The number of carbonyl (C=O) groups is 1. The van der Waals surface area contributed by atoms with Crippen molar-refractivity contribution in [1.82, 2.24) is 10.2 Å². The molecule has 2 aliphatic rings. The van der Waals surface area contributed by atoms with Crippen LogP contribution in [-0.4, -0.2) is 42.8 Å². The second kappa shape index (κ2) is 12.5. The third-order valence-corrected chi connectivity index (χ3v) is 8.26. The Morgan fingerprint density at radius 1 is 0.923 bits per heavy atom. The maximum atomic E-state index is 13.5. The van der Waals surface area contributed by atoms with Crippen LogP contribution in [0.2, 0.25) is 0 Å². The van der Waals surface area contributed by atoms with Gasteiger partial charge in [0, 0.05) is 35.5 Å². The van der Waals surface area contributed by atoms with Gasteiger partial charge in [-0.25, -0.2) is 0 Å². The molecule has 4 N–H and O–H groups in total. The highest BCUT2D eigenvalue weighted by atomic mass is 16.5. The van der Waals surface area contributed by atoms with Crippen LogP contribution in [0.4, 0.5) is 5.69 Å². The lowest BCUT2D eigenvalue weighted by molar-refractivity contribution is 0.0912. The second-order valence-electron chi connectivity index (χ2n) is 11.1. The van der Waals surface area contributed by atoms with Crippen LogP contribution in [0.5, 0.6) is 5.75 Å². The summed E-state index contributed by atoms with van der Waals surface area (Å²) in [5, 5.41) is 12.2. The van der Waals surface area contributed by atoms with Gasteiger partial charge in [0.25, 0.3) is 5.91 Å². The fourth-order valence-corrected chi connectivity index (χ4v) is 5.89. The predicted molar refractivity (Wildman–Crippen MR) is 158 cm³/mol. The number of rotatable bonds is 8. The molecule has 0 radical (unpaired) electrons. The molecule has 1 saturated carbocycles. The van der Waals surface area contributed by atoms with Gasteiger partial charge in [-0.2, -0.15) is 0 Å². The van der Waals surface area contributed by atoms with Crippen LogP contribution >= 0.6 is 0 Å². The first-order valence-electron chi connectivity index (χ1n) is 14.3. The van der Waals surface area contributed by atoms with E-state index in [0.717, 1.165) is 55.6 Å². The van der Waals surface area contributed by atoms with Gasteiger partial charge < -0.3 is 20.7 Å². The number of piperidine rings is 1. The Balaban J connectivity index is 1.30. The largest absolute Gasteiger partial charge is 0.490 e. The van der Waals surface area contributed by atoms with Crippen molar-refractivity contribution in [2.75, 3.05) is 25.9 Å². The van der Waals surface area contributed by atoms with Crippen molar-refractivity contribution in [2.45, 2.75) is 57.1 Å². The van der Waals surface area contributed by atoms with E-state index in [-0.39, 0.29) is 18.1 Å². The second-order valence-corrected chi connectivity index (χ2v) is 11.1. The molecule has 1 aliphatic carbocycles. The van der Waals surface area contributed by atoms with Gasteiger partial charge in [0.15, 0.2) is 0 Å². The zero-order valence-corrected chi connectivity index (χ0v) is 22.9. The number of carbonyl (C=O) groups excluding carboxylic acids is 1. The summed E-state index contributed by atoms with van der Waals surface area (Å²) in [6.07, 6.45) is 8.18. The molecule has 2 fully saturated rings. The number of amides is 1. The average molecular weight is 525 g/mol. The molecule has 3 aromatic rings. The Morgan fingerprint density at radius 3 is 2.28 bits per heavy atom. The number of nitrogens with zero attached hydrogens (tertiary/aromatic N) is 1. The SMILES string of the molecule is CN1CCC(Oc2ccc(C(=N)c3cc(C(=O)NC(c4ccccc4)C4CCCCC4)ccc3N)cc2)CC1. The summed E-state index contributed by atoms with van der Waals surface area (Å²) in [4.78, 5) is 15.8. The molecule has 1 heterocycles. The number of likely N-dealkylation sites (tertiary alicyclic amines) is 1. The summed E-state index contributed by atoms with van der Waals surface area (Å²) in [5.41, 5.74) is 10.0. The maximum Gasteiger partial charge on any atom is 0.251 e. The summed E-state index contributed by atoms with van der Waals surface area (Å²) in [6, 6.07) is 23.1. The Hall–Kier alpha value is -3.64. The summed E-state index contributed by atoms with van der Waals surface area (Å²) < 4.78 is 6.17. The van der Waals surface area contributed by atoms with E-state index in [4.69, 9.17) is 15.9 Å². The van der Waals surface area contributed by atoms with Crippen LogP contribution < -0.4 is 15.8 Å². The van der Waals surface area contributed by atoms with E-state index in [2.05, 4.69) is 29.4 Å². The van der Waals surface area contributed by atoms with Crippen molar-refractivity contribution in [1.29, 1.82) is 5.41 Å². The van der Waals surface area contributed by atoms with Gasteiger partial charge >= 0.3 is 0 Å². The molecule has 6 nitrogen and oxygen atoms in total. The number of ether oxygens (including phenoxy) is 1. The summed E-state index contributed by atoms with van der Waals surface area (Å²) in [6.45, 7) is 2.09. The van der Waals surface area contributed by atoms with Gasteiger partial charge in [0.05, 0.1) is 11.8 Å². The molecule has 0 spiro atoms. The summed E-state index contributed by atoms with van der Waals surface area (Å²) in [7, 11) is 2.14. The van der Waals surface area contributed by atoms with Crippen molar-refractivity contribution in [2.24, 2.45) is 5.92 Å². The highest BCUT2D eigenvalue weighted by molar-refractivity contribution is 6.14. The first-order chi connectivity index (χ1) is 19.0. The minimum Gasteiger partial charge on any atom is -0.490 e. The molecular weight excluding hydrogens is 484 g/mol. The van der Waals surface area contributed by atoms with E-state index < -0.39 is 0 Å². The van der Waals surface area contributed by atoms with E-state index in [9.17, 15) is 4.79 Å². The lowest BCUT2D eigenvalue weighted by Crippen LogP contribution is -2.35. The van der Waals surface area contributed by atoms with Crippen molar-refractivity contribution in [3.05, 3.63) is 95.1 Å². The van der Waals surface area contributed by atoms with Crippen molar-refractivity contribution >= 4 is 17.3 Å². The van der Waals surface area contributed by atoms with Crippen molar-refractivity contribution in [3.8, 4) is 5.75 Å². The number of nitrogens with one attached hydrogen (secondary N) is 2. The number of nitrogen functional groups attached to an aromatic ring is 1. The van der Waals surface area contributed by atoms with Crippen LogP contribution in [0.25, 0.3) is 0 Å². The van der Waals surface area contributed by atoms with E-state index >= 15 is 0 Å². The zero-order valence-electron chi connectivity index (χ0n) is 22.9. The molecule has 0 bridgehead atoms. The Kier molecular flexibility index (Phi) is 8.62. The number of hydrogen-bond donors (Lipinski definition) is 3. The number of hydrogen-bond acceptors (Lipinski definition) is 5. The molecule has 5 rings (SSSR count). The Labute approximate surface area is 232 Å². The Morgan fingerprint density at radius 2 is 1.59 bits per heavy atom. The zero-order chi connectivity index (χ0) is 27.2. The standard InChI is InChI=1S/C33H40N4O2/c1-37-20-18-28(19-21-37)39-27-15-12-23(13-16-27)31(35)29-22-26(14-17-30(29)34)33(38)36-32(24-8-4-2-5-9-24)25-10-6-3-7-11-25/h2,4-5,8-9,12-17,22,25,28,32,35H,3,6-7,10-11,18-21,34H2,1H3,(H,36,38). The number of anilines is 1. The fraction of sp³-hybridized carbons (Fsp3) is 0.394. The van der Waals surface area contributed by atoms with Crippen LogP contribution in [-0.2, 0) is 0 Å². The van der Waals surface area contributed by atoms with E-state index in [1.54, 1.807) is 18.2 Å². The van der Waals surface area contributed by atoms with Crippen LogP contribution in [0.15, 0.2) is 72.8 Å². The molecule has 3 aromatic carbocycles. The third-order valence-electron chi connectivity index (χ3n) is 8.26. The summed E-state index contributed by atoms with van der Waals surface area (Å²) >= 11 is 0. The molecule has 1 unspecified atom stereocenters. The number of benzene rings is 3.